The van der Waals surface area contributed by atoms with Gasteiger partial charge in [-0.05, 0) is 30.4 Å². The lowest BCUT2D eigenvalue weighted by Gasteiger charge is -2.13. The van der Waals surface area contributed by atoms with Crippen LogP contribution in [0, 0.1) is 11.3 Å². The van der Waals surface area contributed by atoms with Crippen molar-refractivity contribution >= 4 is 23.5 Å². The molecule has 0 amide bonds. The van der Waals surface area contributed by atoms with Gasteiger partial charge in [0.2, 0.25) is 0 Å². The highest BCUT2D eigenvalue weighted by molar-refractivity contribution is 8.16. The summed E-state index contributed by atoms with van der Waals surface area (Å²) in [5.74, 6) is 0.902. The van der Waals surface area contributed by atoms with Gasteiger partial charge in [-0.15, -0.1) is 11.8 Å². The van der Waals surface area contributed by atoms with Crippen molar-refractivity contribution in [3.05, 3.63) is 39.4 Å². The van der Waals surface area contributed by atoms with Gasteiger partial charge in [0.1, 0.15) is 11.1 Å². The van der Waals surface area contributed by atoms with E-state index in [9.17, 15) is 10.1 Å². The molecule has 2 aromatic heterocycles. The minimum atomic E-state index is -0.114. The zero-order valence-electron chi connectivity index (χ0n) is 14.8. The highest BCUT2D eigenvalue weighted by Gasteiger charge is 2.25. The molecule has 0 aromatic carbocycles. The van der Waals surface area contributed by atoms with Crippen LogP contribution in [0.15, 0.2) is 22.2 Å². The van der Waals surface area contributed by atoms with Gasteiger partial charge in [-0.25, -0.2) is 9.97 Å². The van der Waals surface area contributed by atoms with E-state index in [-0.39, 0.29) is 5.56 Å². The molecular formula is C18H20N4O2S2. The Balaban J connectivity index is 1.98. The molecule has 2 heterocycles. The maximum Gasteiger partial charge on any atom is 0.253 e. The summed E-state index contributed by atoms with van der Waals surface area (Å²) in [5, 5.41) is 11.2. The van der Waals surface area contributed by atoms with Gasteiger partial charge >= 0.3 is 0 Å². The van der Waals surface area contributed by atoms with E-state index < -0.39 is 0 Å². The Morgan fingerprint density at radius 3 is 2.92 bits per heavy atom. The number of thioether (sulfide) groups is 2. The van der Waals surface area contributed by atoms with Crippen molar-refractivity contribution in [3.63, 3.8) is 0 Å². The van der Waals surface area contributed by atoms with Crippen LogP contribution in [0.1, 0.15) is 23.1 Å². The van der Waals surface area contributed by atoms with E-state index in [1.165, 1.54) is 17.0 Å². The van der Waals surface area contributed by atoms with Crippen LogP contribution >= 0.6 is 23.5 Å². The summed E-state index contributed by atoms with van der Waals surface area (Å²) in [7, 11) is 3.36. The van der Waals surface area contributed by atoms with E-state index in [2.05, 4.69) is 11.1 Å². The number of rotatable bonds is 7. The topological polar surface area (TPSA) is 80.8 Å². The zero-order chi connectivity index (χ0) is 18.5. The normalized spacial score (nSPS) is 12.8. The summed E-state index contributed by atoms with van der Waals surface area (Å²) in [5.41, 5.74) is 4.05. The zero-order valence-corrected chi connectivity index (χ0v) is 16.5. The summed E-state index contributed by atoms with van der Waals surface area (Å²) >= 11 is 3.32. The number of hydrogen-bond donors (Lipinski definition) is 0. The third-order valence-electron chi connectivity index (χ3n) is 4.28. The first kappa shape index (κ1) is 19.0. The van der Waals surface area contributed by atoms with Gasteiger partial charge in [0.25, 0.3) is 5.56 Å². The van der Waals surface area contributed by atoms with E-state index in [1.54, 1.807) is 37.7 Å². The standard InChI is InChI=1S/C18H20N4O2S2/c1-22-10-20-15(8-16(22)23)17-13-5-3-4-12(13)14(9-19)18(21-17)26-11-25-7-6-24-2/h8,10H,3-7,11H2,1-2H3. The summed E-state index contributed by atoms with van der Waals surface area (Å²) in [6, 6.07) is 3.87. The Morgan fingerprint density at radius 2 is 2.19 bits per heavy atom. The van der Waals surface area contributed by atoms with Gasteiger partial charge in [-0.1, -0.05) is 11.8 Å². The van der Waals surface area contributed by atoms with Crippen LogP contribution in [0.5, 0.6) is 0 Å². The Morgan fingerprint density at radius 1 is 1.38 bits per heavy atom. The molecule has 0 unspecified atom stereocenters. The maximum atomic E-state index is 12.0. The van der Waals surface area contributed by atoms with Crippen molar-refractivity contribution in [1.29, 1.82) is 5.26 Å². The Hall–Kier alpha value is -1.82. The van der Waals surface area contributed by atoms with E-state index in [0.717, 1.165) is 51.9 Å². The average molecular weight is 389 g/mol. The van der Waals surface area contributed by atoms with Crippen molar-refractivity contribution in [2.45, 2.75) is 24.3 Å². The highest BCUT2D eigenvalue weighted by atomic mass is 32.2. The number of nitriles is 1. The van der Waals surface area contributed by atoms with Crippen LogP contribution in [0.4, 0.5) is 0 Å². The summed E-state index contributed by atoms with van der Waals surface area (Å²) in [4.78, 5) is 21.2. The van der Waals surface area contributed by atoms with Crippen LogP contribution in [0.3, 0.4) is 0 Å². The van der Waals surface area contributed by atoms with Crippen LogP contribution in [0.2, 0.25) is 0 Å². The number of nitrogens with zero attached hydrogens (tertiary/aromatic N) is 4. The molecule has 1 aliphatic rings. The minimum absolute atomic E-state index is 0.114. The molecule has 26 heavy (non-hydrogen) atoms. The van der Waals surface area contributed by atoms with Gasteiger partial charge in [-0.2, -0.15) is 5.26 Å². The Kier molecular flexibility index (Phi) is 6.35. The molecule has 0 atom stereocenters. The number of pyridine rings is 1. The maximum absolute atomic E-state index is 12.0. The second kappa shape index (κ2) is 8.71. The largest absolute Gasteiger partial charge is 0.384 e. The molecule has 136 valence electrons. The Bertz CT molecular complexity index is 905. The van der Waals surface area contributed by atoms with E-state index in [0.29, 0.717) is 17.9 Å². The second-order valence-corrected chi connectivity index (χ2v) is 8.38. The number of methoxy groups -OCH3 is 1. The molecule has 0 fully saturated rings. The third kappa shape index (κ3) is 3.95. The third-order valence-corrected chi connectivity index (χ3v) is 6.44. The fraction of sp³-hybridized carbons (Fsp3) is 0.444. The Labute approximate surface area is 161 Å². The minimum Gasteiger partial charge on any atom is -0.384 e. The van der Waals surface area contributed by atoms with Crippen molar-refractivity contribution in [3.8, 4) is 17.5 Å². The fourth-order valence-corrected chi connectivity index (χ4v) is 4.96. The molecule has 3 rings (SSSR count). The first-order chi connectivity index (χ1) is 12.7. The highest BCUT2D eigenvalue weighted by Crippen LogP contribution is 2.37. The molecule has 0 saturated carbocycles. The van der Waals surface area contributed by atoms with Crippen LogP contribution in [0.25, 0.3) is 11.4 Å². The molecule has 0 bridgehead atoms. The number of fused-ring (bicyclic) bond motifs is 1. The van der Waals surface area contributed by atoms with Gasteiger partial charge in [0, 0.05) is 31.1 Å². The van der Waals surface area contributed by atoms with Gasteiger partial charge < -0.3 is 9.30 Å². The SMILES string of the molecule is COCCSCSc1nc(-c2cc(=O)n(C)cn2)c2c(c1C#N)CCC2. The number of aryl methyl sites for hydroxylation is 1. The summed E-state index contributed by atoms with van der Waals surface area (Å²) < 4.78 is 6.50. The summed E-state index contributed by atoms with van der Waals surface area (Å²) in [6.07, 6.45) is 4.27. The number of aromatic nitrogens is 3. The van der Waals surface area contributed by atoms with E-state index in [1.807, 2.05) is 0 Å². The molecular weight excluding hydrogens is 368 g/mol. The van der Waals surface area contributed by atoms with Gasteiger partial charge in [-0.3, -0.25) is 4.79 Å². The van der Waals surface area contributed by atoms with Crippen LogP contribution in [-0.2, 0) is 24.6 Å². The predicted molar refractivity (Wildman–Crippen MR) is 105 cm³/mol. The van der Waals surface area contributed by atoms with Crippen molar-refractivity contribution in [1.82, 2.24) is 14.5 Å². The molecule has 6 nitrogen and oxygen atoms in total. The lowest BCUT2D eigenvalue weighted by Crippen LogP contribution is -2.16. The molecule has 0 aliphatic heterocycles. The average Bonchev–Trinajstić information content (AvgIpc) is 3.12. The van der Waals surface area contributed by atoms with Crippen molar-refractivity contribution in [2.75, 3.05) is 24.6 Å². The van der Waals surface area contributed by atoms with Crippen molar-refractivity contribution in [2.24, 2.45) is 7.05 Å². The van der Waals surface area contributed by atoms with Gasteiger partial charge in [0.05, 0.1) is 29.9 Å². The lowest BCUT2D eigenvalue weighted by atomic mass is 10.0. The number of hydrogen-bond acceptors (Lipinski definition) is 7. The first-order valence-corrected chi connectivity index (χ1v) is 10.5. The number of ether oxygens (including phenoxy) is 1. The first-order valence-electron chi connectivity index (χ1n) is 8.34. The molecule has 0 spiro atoms. The molecule has 2 aromatic rings. The van der Waals surface area contributed by atoms with Crippen molar-refractivity contribution < 1.29 is 4.74 Å². The predicted octanol–water partition coefficient (Wildman–Crippen LogP) is 2.63. The van der Waals surface area contributed by atoms with E-state index in [4.69, 9.17) is 9.72 Å². The monoisotopic (exact) mass is 388 g/mol. The smallest absolute Gasteiger partial charge is 0.253 e. The molecule has 0 radical (unpaired) electrons. The van der Waals surface area contributed by atoms with Crippen LogP contribution < -0.4 is 5.56 Å². The van der Waals surface area contributed by atoms with E-state index >= 15 is 0 Å². The fourth-order valence-electron chi connectivity index (χ4n) is 2.96. The lowest BCUT2D eigenvalue weighted by molar-refractivity contribution is 0.219. The molecule has 8 heteroatoms. The van der Waals surface area contributed by atoms with Crippen LogP contribution in [-0.4, -0.2) is 39.1 Å². The summed E-state index contributed by atoms with van der Waals surface area (Å²) in [6.45, 7) is 0.705. The second-order valence-electron chi connectivity index (χ2n) is 5.95. The molecule has 0 saturated heterocycles. The quantitative estimate of drug-likeness (QED) is 0.410. The van der Waals surface area contributed by atoms with Gasteiger partial charge in [0.15, 0.2) is 0 Å². The molecule has 0 N–H and O–H groups in total. The molecule has 1 aliphatic carbocycles.